The molecule has 1 aliphatic carbocycles. The van der Waals surface area contributed by atoms with E-state index in [2.05, 4.69) is 20.5 Å². The van der Waals surface area contributed by atoms with Crippen LogP contribution >= 0.6 is 11.6 Å². The third-order valence-corrected chi connectivity index (χ3v) is 8.69. The Bertz CT molecular complexity index is 1610. The molecule has 11 nitrogen and oxygen atoms in total. The van der Waals surface area contributed by atoms with Gasteiger partial charge in [0.15, 0.2) is 5.82 Å². The number of sulfonamides is 1. The van der Waals surface area contributed by atoms with Crippen LogP contribution < -0.4 is 15.4 Å². The summed E-state index contributed by atoms with van der Waals surface area (Å²) in [4.78, 5) is 39.6. The van der Waals surface area contributed by atoms with Gasteiger partial charge >= 0.3 is 0 Å². The minimum Gasteiger partial charge on any atom is -0.375 e. The molecule has 1 saturated carbocycles. The van der Waals surface area contributed by atoms with Gasteiger partial charge in [-0.1, -0.05) is 48.2 Å². The molecule has 0 saturated heterocycles. The highest BCUT2D eigenvalue weighted by molar-refractivity contribution is 7.92. The van der Waals surface area contributed by atoms with Gasteiger partial charge in [0.05, 0.1) is 4.90 Å². The van der Waals surface area contributed by atoms with E-state index in [9.17, 15) is 22.8 Å². The highest BCUT2D eigenvalue weighted by atomic mass is 35.5. The largest absolute Gasteiger partial charge is 0.375 e. The van der Waals surface area contributed by atoms with Crippen molar-refractivity contribution in [3.8, 4) is 0 Å². The van der Waals surface area contributed by atoms with E-state index in [4.69, 9.17) is 16.1 Å². The van der Waals surface area contributed by atoms with Crippen molar-refractivity contribution in [2.75, 3.05) is 10.0 Å². The molecule has 0 bridgehead atoms. The Hall–Kier alpha value is -4.16. The SMILES string of the molecule is Cc1cc(NS(=O)(=O)c2ccc(NC(=O)c3ccc(CNC4=C(Cl)C(=O)N(C5CCCCC5)C4=O)cc3)cc2)no1. The van der Waals surface area contributed by atoms with Gasteiger partial charge in [0.1, 0.15) is 16.5 Å². The second-order valence-corrected chi connectivity index (χ2v) is 12.0. The number of aryl methyl sites for hydroxylation is 1. The number of amides is 3. The van der Waals surface area contributed by atoms with E-state index in [0.29, 0.717) is 17.0 Å². The summed E-state index contributed by atoms with van der Waals surface area (Å²) in [6, 6.07) is 13.7. The highest BCUT2D eigenvalue weighted by Gasteiger charge is 2.41. The Morgan fingerprint density at radius 2 is 1.71 bits per heavy atom. The van der Waals surface area contributed by atoms with E-state index < -0.39 is 21.8 Å². The summed E-state index contributed by atoms with van der Waals surface area (Å²) in [5, 5.41) is 9.24. The molecule has 2 aromatic carbocycles. The zero-order valence-corrected chi connectivity index (χ0v) is 23.7. The van der Waals surface area contributed by atoms with Crippen LogP contribution in [-0.2, 0) is 26.2 Å². The predicted octanol–water partition coefficient (Wildman–Crippen LogP) is 4.28. The maximum atomic E-state index is 12.9. The van der Waals surface area contributed by atoms with Crippen LogP contribution in [0.15, 0.2) is 74.7 Å². The van der Waals surface area contributed by atoms with Crippen LogP contribution in [0.3, 0.4) is 0 Å². The Labute approximate surface area is 242 Å². The number of nitrogens with zero attached hydrogens (tertiary/aromatic N) is 2. The first-order valence-electron chi connectivity index (χ1n) is 13.1. The average molecular weight is 598 g/mol. The van der Waals surface area contributed by atoms with Crippen LogP contribution in [0.4, 0.5) is 11.5 Å². The first-order valence-corrected chi connectivity index (χ1v) is 15.0. The van der Waals surface area contributed by atoms with Gasteiger partial charge in [-0.05, 0) is 61.7 Å². The lowest BCUT2D eigenvalue weighted by molar-refractivity contribution is -0.140. The number of carbonyl (C=O) groups is 3. The maximum Gasteiger partial charge on any atom is 0.278 e. The van der Waals surface area contributed by atoms with Gasteiger partial charge in [-0.15, -0.1) is 0 Å². The van der Waals surface area contributed by atoms with Crippen molar-refractivity contribution in [2.24, 2.45) is 0 Å². The second-order valence-electron chi connectivity index (χ2n) is 9.92. The fourth-order valence-electron chi connectivity index (χ4n) is 4.84. The molecule has 1 aliphatic heterocycles. The topological polar surface area (TPSA) is 151 Å². The summed E-state index contributed by atoms with van der Waals surface area (Å²) >= 11 is 6.23. The monoisotopic (exact) mass is 597 g/mol. The van der Waals surface area contributed by atoms with E-state index in [1.54, 1.807) is 31.2 Å². The summed E-state index contributed by atoms with van der Waals surface area (Å²) in [6.07, 6.45) is 4.66. The van der Waals surface area contributed by atoms with Gasteiger partial charge in [0, 0.05) is 29.9 Å². The van der Waals surface area contributed by atoms with Gasteiger partial charge in [-0.2, -0.15) is 0 Å². The van der Waals surface area contributed by atoms with Crippen molar-refractivity contribution in [3.05, 3.63) is 82.2 Å². The molecule has 13 heteroatoms. The molecular formula is C28H28ClN5O6S. The number of halogens is 1. The molecule has 1 fully saturated rings. The zero-order chi connectivity index (χ0) is 29.1. The lowest BCUT2D eigenvalue weighted by Crippen LogP contribution is -2.43. The third kappa shape index (κ3) is 6.28. The van der Waals surface area contributed by atoms with E-state index in [1.807, 2.05) is 0 Å². The van der Waals surface area contributed by atoms with Gasteiger partial charge in [-0.25, -0.2) is 8.42 Å². The molecule has 3 amide bonds. The van der Waals surface area contributed by atoms with Crippen LogP contribution in [-0.4, -0.2) is 42.2 Å². The molecule has 41 heavy (non-hydrogen) atoms. The molecule has 3 N–H and O–H groups in total. The summed E-state index contributed by atoms with van der Waals surface area (Å²) in [7, 11) is -3.88. The summed E-state index contributed by atoms with van der Waals surface area (Å²) in [5.41, 5.74) is 1.66. The smallest absolute Gasteiger partial charge is 0.278 e. The Balaban J connectivity index is 1.16. The first-order chi connectivity index (χ1) is 19.6. The number of benzene rings is 2. The van der Waals surface area contributed by atoms with Crippen molar-refractivity contribution < 1.29 is 27.3 Å². The fraction of sp³-hybridized carbons (Fsp3) is 0.286. The summed E-state index contributed by atoms with van der Waals surface area (Å²) < 4.78 is 32.3. The Morgan fingerprint density at radius 1 is 1.02 bits per heavy atom. The molecule has 3 aromatic rings. The summed E-state index contributed by atoms with van der Waals surface area (Å²) in [6.45, 7) is 1.88. The molecule has 1 aromatic heterocycles. The lowest BCUT2D eigenvalue weighted by atomic mass is 9.94. The normalized spacial score (nSPS) is 16.3. The number of carbonyl (C=O) groups excluding carboxylic acids is 3. The van der Waals surface area contributed by atoms with Crippen molar-refractivity contribution in [2.45, 2.75) is 56.5 Å². The molecule has 0 spiro atoms. The van der Waals surface area contributed by atoms with Crippen molar-refractivity contribution in [3.63, 3.8) is 0 Å². The van der Waals surface area contributed by atoms with Crippen LogP contribution in [0.5, 0.6) is 0 Å². The molecular weight excluding hydrogens is 570 g/mol. The number of aromatic nitrogens is 1. The molecule has 2 aliphatic rings. The Morgan fingerprint density at radius 3 is 2.34 bits per heavy atom. The average Bonchev–Trinajstić information content (AvgIpc) is 3.46. The van der Waals surface area contributed by atoms with Gasteiger partial charge in [0.25, 0.3) is 27.7 Å². The number of hydrogen-bond acceptors (Lipinski definition) is 8. The van der Waals surface area contributed by atoms with E-state index in [1.165, 1.54) is 35.2 Å². The third-order valence-electron chi connectivity index (χ3n) is 6.97. The summed E-state index contributed by atoms with van der Waals surface area (Å²) in [5.74, 6) is -0.700. The van der Waals surface area contributed by atoms with Crippen molar-refractivity contribution in [1.82, 2.24) is 15.4 Å². The lowest BCUT2D eigenvalue weighted by Gasteiger charge is -2.29. The van der Waals surface area contributed by atoms with Crippen LogP contribution in [0, 0.1) is 6.92 Å². The second kappa shape index (κ2) is 11.8. The predicted molar refractivity (Wildman–Crippen MR) is 151 cm³/mol. The quantitative estimate of drug-likeness (QED) is 0.309. The number of anilines is 2. The van der Waals surface area contributed by atoms with Crippen LogP contribution in [0.2, 0.25) is 0 Å². The van der Waals surface area contributed by atoms with Gasteiger partial charge < -0.3 is 15.2 Å². The zero-order valence-electron chi connectivity index (χ0n) is 22.1. The van der Waals surface area contributed by atoms with E-state index in [0.717, 1.165) is 37.7 Å². The van der Waals surface area contributed by atoms with Gasteiger partial charge in [-0.3, -0.25) is 24.0 Å². The standard InChI is InChI=1S/C28H28ClN5O6S/c1-17-15-23(32-40-17)33-41(38,39)22-13-11-20(12-14-22)31-26(35)19-9-7-18(8-10-19)16-30-25-24(29)27(36)34(28(25)37)21-5-3-2-4-6-21/h7-15,21,30H,2-6,16H2,1H3,(H,31,35)(H,32,33). The molecule has 0 atom stereocenters. The number of rotatable bonds is 9. The molecule has 5 rings (SSSR count). The number of imide groups is 1. The van der Waals surface area contributed by atoms with Crippen LogP contribution in [0.1, 0.15) is 53.8 Å². The van der Waals surface area contributed by atoms with Crippen molar-refractivity contribution >= 4 is 50.9 Å². The molecule has 0 radical (unpaired) electrons. The number of nitrogens with one attached hydrogen (secondary N) is 3. The van der Waals surface area contributed by atoms with E-state index >= 15 is 0 Å². The van der Waals surface area contributed by atoms with Crippen molar-refractivity contribution in [1.29, 1.82) is 0 Å². The fourth-order valence-corrected chi connectivity index (χ4v) is 6.06. The Kier molecular flexibility index (Phi) is 8.13. The minimum absolute atomic E-state index is 0.00692. The van der Waals surface area contributed by atoms with Crippen LogP contribution in [0.25, 0.3) is 0 Å². The first kappa shape index (κ1) is 28.4. The molecule has 214 valence electrons. The minimum atomic E-state index is -3.88. The molecule has 2 heterocycles. The van der Waals surface area contributed by atoms with E-state index in [-0.39, 0.29) is 39.9 Å². The highest BCUT2D eigenvalue weighted by Crippen LogP contribution is 2.31. The maximum absolute atomic E-state index is 12.9. The number of hydrogen-bond donors (Lipinski definition) is 3. The molecule has 0 unspecified atom stereocenters. The van der Waals surface area contributed by atoms with Gasteiger partial charge in [0.2, 0.25) is 0 Å².